The van der Waals surface area contributed by atoms with Crippen molar-refractivity contribution in [3.05, 3.63) is 65.7 Å². The maximum Gasteiger partial charge on any atom is 0.229 e. The van der Waals surface area contributed by atoms with E-state index in [1.54, 1.807) is 12.0 Å². The molecule has 1 heterocycles. The molecule has 0 unspecified atom stereocenters. The van der Waals surface area contributed by atoms with Crippen LogP contribution in [0.5, 0.6) is 0 Å². The van der Waals surface area contributed by atoms with Crippen LogP contribution in [-0.4, -0.2) is 36.4 Å². The van der Waals surface area contributed by atoms with E-state index in [1.165, 1.54) is 16.9 Å². The molecule has 6 heteroatoms. The molecule has 27 heavy (non-hydrogen) atoms. The standard InChI is InChI=1S/C21H23N3O2S/c1-16-8-11-18(12-9-16)20-22-23-21(27-20)24(14-15-26-2)19(25)13-10-17-6-4-3-5-7-17/h3-9,11-12H,10,13-15H2,1-2H3. The number of carbonyl (C=O) groups excluding carboxylic acids is 1. The van der Waals surface area contributed by atoms with Crippen LogP contribution >= 0.6 is 11.3 Å². The zero-order chi connectivity index (χ0) is 19.1. The number of anilines is 1. The van der Waals surface area contributed by atoms with Crippen molar-refractivity contribution in [1.82, 2.24) is 10.2 Å². The number of aromatic nitrogens is 2. The molecule has 0 fully saturated rings. The van der Waals surface area contributed by atoms with Crippen LogP contribution in [-0.2, 0) is 16.0 Å². The number of aryl methyl sites for hydroxylation is 2. The van der Waals surface area contributed by atoms with Crippen molar-refractivity contribution in [3.63, 3.8) is 0 Å². The second-order valence-corrected chi connectivity index (χ2v) is 7.24. The summed E-state index contributed by atoms with van der Waals surface area (Å²) >= 11 is 1.43. The second kappa shape index (κ2) is 9.39. The monoisotopic (exact) mass is 381 g/mol. The molecule has 0 bridgehead atoms. The molecule has 140 valence electrons. The first-order chi connectivity index (χ1) is 13.2. The Hall–Kier alpha value is -2.57. The third-order valence-electron chi connectivity index (χ3n) is 4.23. The van der Waals surface area contributed by atoms with Gasteiger partial charge in [-0.3, -0.25) is 9.69 Å². The summed E-state index contributed by atoms with van der Waals surface area (Å²) < 4.78 is 5.17. The zero-order valence-electron chi connectivity index (χ0n) is 15.6. The number of rotatable bonds is 8. The van der Waals surface area contributed by atoms with E-state index >= 15 is 0 Å². The van der Waals surface area contributed by atoms with Crippen molar-refractivity contribution >= 4 is 22.4 Å². The van der Waals surface area contributed by atoms with E-state index in [4.69, 9.17) is 4.74 Å². The van der Waals surface area contributed by atoms with Gasteiger partial charge in [-0.1, -0.05) is 71.5 Å². The molecule has 3 rings (SSSR count). The number of nitrogens with zero attached hydrogens (tertiary/aromatic N) is 3. The maximum absolute atomic E-state index is 12.8. The molecule has 0 aliphatic rings. The van der Waals surface area contributed by atoms with E-state index in [0.717, 1.165) is 16.1 Å². The highest BCUT2D eigenvalue weighted by atomic mass is 32.1. The van der Waals surface area contributed by atoms with Gasteiger partial charge in [0.25, 0.3) is 0 Å². The Kier molecular flexibility index (Phi) is 6.68. The van der Waals surface area contributed by atoms with E-state index in [0.29, 0.717) is 31.1 Å². The predicted octanol–water partition coefficient (Wildman–Crippen LogP) is 4.13. The van der Waals surface area contributed by atoms with Crippen LogP contribution in [0, 0.1) is 6.92 Å². The zero-order valence-corrected chi connectivity index (χ0v) is 16.4. The summed E-state index contributed by atoms with van der Waals surface area (Å²) in [6.07, 6.45) is 1.12. The fourth-order valence-electron chi connectivity index (χ4n) is 2.68. The highest BCUT2D eigenvalue weighted by Crippen LogP contribution is 2.29. The lowest BCUT2D eigenvalue weighted by atomic mass is 10.1. The number of benzene rings is 2. The van der Waals surface area contributed by atoms with Gasteiger partial charge in [-0.2, -0.15) is 0 Å². The second-order valence-electron chi connectivity index (χ2n) is 6.28. The number of amides is 1. The average Bonchev–Trinajstić information content (AvgIpc) is 3.18. The summed E-state index contributed by atoms with van der Waals surface area (Å²) in [6, 6.07) is 18.2. The van der Waals surface area contributed by atoms with Crippen LogP contribution in [0.25, 0.3) is 10.6 Å². The van der Waals surface area contributed by atoms with E-state index in [9.17, 15) is 4.79 Å². The molecule has 0 saturated heterocycles. The van der Waals surface area contributed by atoms with Crippen molar-refractivity contribution in [3.8, 4) is 10.6 Å². The summed E-state index contributed by atoms with van der Waals surface area (Å²) in [5.41, 5.74) is 3.35. The lowest BCUT2D eigenvalue weighted by Gasteiger charge is -2.18. The van der Waals surface area contributed by atoms with Crippen molar-refractivity contribution in [2.24, 2.45) is 0 Å². The fraction of sp³-hybridized carbons (Fsp3) is 0.286. The molecule has 0 aliphatic carbocycles. The van der Waals surface area contributed by atoms with Gasteiger partial charge in [-0.25, -0.2) is 0 Å². The molecule has 0 N–H and O–H groups in total. The van der Waals surface area contributed by atoms with Crippen molar-refractivity contribution in [2.45, 2.75) is 19.8 Å². The molecule has 0 aliphatic heterocycles. The predicted molar refractivity (Wildman–Crippen MR) is 109 cm³/mol. The normalized spacial score (nSPS) is 10.7. The van der Waals surface area contributed by atoms with Crippen molar-refractivity contribution < 1.29 is 9.53 Å². The Bertz CT molecular complexity index is 863. The molecular formula is C21H23N3O2S. The smallest absolute Gasteiger partial charge is 0.229 e. The van der Waals surface area contributed by atoms with Gasteiger partial charge in [0.05, 0.1) is 13.2 Å². The summed E-state index contributed by atoms with van der Waals surface area (Å²) in [5, 5.41) is 9.96. The van der Waals surface area contributed by atoms with E-state index in [2.05, 4.69) is 10.2 Å². The highest BCUT2D eigenvalue weighted by Gasteiger charge is 2.20. The van der Waals surface area contributed by atoms with Gasteiger partial charge in [-0.05, 0) is 18.9 Å². The molecule has 5 nitrogen and oxygen atoms in total. The summed E-state index contributed by atoms with van der Waals surface area (Å²) in [5.74, 6) is 0.0301. The van der Waals surface area contributed by atoms with Gasteiger partial charge in [0.2, 0.25) is 11.0 Å². The molecular weight excluding hydrogens is 358 g/mol. The SMILES string of the molecule is COCCN(C(=O)CCc1ccccc1)c1nnc(-c2ccc(C)cc2)s1. The first kappa shape index (κ1) is 19.2. The van der Waals surface area contributed by atoms with Gasteiger partial charge in [0.1, 0.15) is 5.01 Å². The third kappa shape index (κ3) is 5.21. The van der Waals surface area contributed by atoms with Gasteiger partial charge < -0.3 is 4.74 Å². The maximum atomic E-state index is 12.8. The minimum atomic E-state index is 0.0301. The van der Waals surface area contributed by atoms with Crippen LogP contribution < -0.4 is 4.90 Å². The minimum absolute atomic E-state index is 0.0301. The number of methoxy groups -OCH3 is 1. The molecule has 0 atom stereocenters. The summed E-state index contributed by atoms with van der Waals surface area (Å²) in [6.45, 7) is 2.97. The molecule has 0 radical (unpaired) electrons. The topological polar surface area (TPSA) is 55.3 Å². The molecule has 1 aromatic heterocycles. The Morgan fingerprint density at radius 2 is 1.81 bits per heavy atom. The van der Waals surface area contributed by atoms with Gasteiger partial charge >= 0.3 is 0 Å². The quantitative estimate of drug-likeness (QED) is 0.589. The fourth-order valence-corrected chi connectivity index (χ4v) is 3.57. The first-order valence-electron chi connectivity index (χ1n) is 8.91. The molecule has 1 amide bonds. The summed E-state index contributed by atoms with van der Waals surface area (Å²) in [4.78, 5) is 14.5. The lowest BCUT2D eigenvalue weighted by molar-refractivity contribution is -0.118. The Labute approximate surface area is 163 Å². The van der Waals surface area contributed by atoms with Gasteiger partial charge in [-0.15, -0.1) is 10.2 Å². The number of carbonyl (C=O) groups is 1. The van der Waals surface area contributed by atoms with E-state index < -0.39 is 0 Å². The molecule has 2 aromatic carbocycles. The van der Waals surface area contributed by atoms with Gasteiger partial charge in [0.15, 0.2) is 0 Å². The molecule has 0 saturated carbocycles. The average molecular weight is 382 g/mol. The van der Waals surface area contributed by atoms with Crippen molar-refractivity contribution in [1.29, 1.82) is 0 Å². The van der Waals surface area contributed by atoms with Crippen LogP contribution in [0.15, 0.2) is 54.6 Å². The van der Waals surface area contributed by atoms with E-state index in [-0.39, 0.29) is 5.91 Å². The van der Waals surface area contributed by atoms with Crippen molar-refractivity contribution in [2.75, 3.05) is 25.2 Å². The Morgan fingerprint density at radius 3 is 2.52 bits per heavy atom. The molecule has 3 aromatic rings. The molecule has 0 spiro atoms. The number of hydrogen-bond acceptors (Lipinski definition) is 5. The Balaban J connectivity index is 1.73. The van der Waals surface area contributed by atoms with E-state index in [1.807, 2.05) is 61.5 Å². The van der Waals surface area contributed by atoms with Gasteiger partial charge in [0, 0.05) is 19.1 Å². The summed E-state index contributed by atoms with van der Waals surface area (Å²) in [7, 11) is 1.63. The van der Waals surface area contributed by atoms with Crippen LogP contribution in [0.4, 0.5) is 5.13 Å². The van der Waals surface area contributed by atoms with Crippen LogP contribution in [0.2, 0.25) is 0 Å². The lowest BCUT2D eigenvalue weighted by Crippen LogP contribution is -2.34. The Morgan fingerprint density at radius 1 is 1.07 bits per heavy atom. The highest BCUT2D eigenvalue weighted by molar-refractivity contribution is 7.18. The van der Waals surface area contributed by atoms with Crippen LogP contribution in [0.3, 0.4) is 0 Å². The number of ether oxygens (including phenoxy) is 1. The first-order valence-corrected chi connectivity index (χ1v) is 9.73. The number of hydrogen-bond donors (Lipinski definition) is 0. The minimum Gasteiger partial charge on any atom is -0.383 e. The van der Waals surface area contributed by atoms with Crippen LogP contribution in [0.1, 0.15) is 17.5 Å². The largest absolute Gasteiger partial charge is 0.383 e. The third-order valence-corrected chi connectivity index (χ3v) is 5.23.